The minimum Gasteiger partial charge on any atom is -0.354 e. The average Bonchev–Trinajstić information content (AvgIpc) is 3.43. The van der Waals surface area contributed by atoms with Crippen LogP contribution in [-0.4, -0.2) is 55.6 Å². The third-order valence-electron chi connectivity index (χ3n) is 5.29. The van der Waals surface area contributed by atoms with E-state index in [4.69, 9.17) is 4.98 Å². The summed E-state index contributed by atoms with van der Waals surface area (Å²) in [7, 11) is 0. The summed E-state index contributed by atoms with van der Waals surface area (Å²) in [4.78, 5) is 18.6. The molecular formula is C21H23N7S. The summed E-state index contributed by atoms with van der Waals surface area (Å²) in [6.45, 7) is 6.96. The average molecular weight is 406 g/mol. The number of benzene rings is 1. The molecule has 0 bridgehead atoms. The molecule has 1 fully saturated rings. The highest BCUT2D eigenvalue weighted by Crippen LogP contribution is 2.25. The number of rotatable bonds is 5. The number of aryl methyl sites for hydroxylation is 1. The molecule has 1 aromatic carbocycles. The highest BCUT2D eigenvalue weighted by atomic mass is 32.1. The molecule has 7 nitrogen and oxygen atoms in total. The normalized spacial score (nSPS) is 15.3. The largest absolute Gasteiger partial charge is 0.354 e. The summed E-state index contributed by atoms with van der Waals surface area (Å²) in [5.74, 6) is 1.69. The first kappa shape index (κ1) is 18.2. The van der Waals surface area contributed by atoms with Crippen molar-refractivity contribution in [1.29, 1.82) is 0 Å². The number of thiazole rings is 1. The van der Waals surface area contributed by atoms with E-state index >= 15 is 0 Å². The van der Waals surface area contributed by atoms with Gasteiger partial charge in [0, 0.05) is 49.7 Å². The van der Waals surface area contributed by atoms with Gasteiger partial charge in [-0.05, 0) is 6.42 Å². The van der Waals surface area contributed by atoms with Crippen LogP contribution < -0.4 is 4.90 Å². The zero-order chi connectivity index (χ0) is 19.6. The molecule has 0 unspecified atom stereocenters. The summed E-state index contributed by atoms with van der Waals surface area (Å²) in [5, 5.41) is 7.82. The first-order valence-electron chi connectivity index (χ1n) is 9.97. The topological polar surface area (TPSA) is 62.5 Å². The van der Waals surface area contributed by atoms with Gasteiger partial charge in [-0.1, -0.05) is 37.3 Å². The molecule has 0 saturated carbocycles. The van der Waals surface area contributed by atoms with Crippen LogP contribution in [0.3, 0.4) is 0 Å². The molecule has 0 spiro atoms. The number of hydrogen-bond acceptors (Lipinski definition) is 7. The van der Waals surface area contributed by atoms with E-state index in [-0.39, 0.29) is 0 Å². The van der Waals surface area contributed by atoms with E-state index in [1.807, 2.05) is 22.7 Å². The molecule has 0 amide bonds. The predicted octanol–water partition coefficient (Wildman–Crippen LogP) is 3.13. The fraction of sp³-hybridized carbons (Fsp3) is 0.333. The Hall–Kier alpha value is -2.84. The molecule has 1 aliphatic rings. The lowest BCUT2D eigenvalue weighted by Crippen LogP contribution is -2.46. The SMILES string of the molecule is CCc1nc(CN2CCN(c3cc(-c4ccccc4)nc4ncnn34)CC2)cs1. The van der Waals surface area contributed by atoms with Gasteiger partial charge >= 0.3 is 0 Å². The van der Waals surface area contributed by atoms with Gasteiger partial charge < -0.3 is 4.90 Å². The molecule has 29 heavy (non-hydrogen) atoms. The highest BCUT2D eigenvalue weighted by molar-refractivity contribution is 7.09. The molecule has 0 aliphatic carbocycles. The maximum Gasteiger partial charge on any atom is 0.254 e. The van der Waals surface area contributed by atoms with Gasteiger partial charge in [-0.25, -0.2) is 9.97 Å². The number of nitrogens with zero attached hydrogens (tertiary/aromatic N) is 7. The fourth-order valence-corrected chi connectivity index (χ4v) is 4.46. The van der Waals surface area contributed by atoms with Crippen LogP contribution in [0.25, 0.3) is 17.0 Å². The lowest BCUT2D eigenvalue weighted by atomic mass is 10.1. The van der Waals surface area contributed by atoms with Crippen LogP contribution in [0.5, 0.6) is 0 Å². The molecule has 5 rings (SSSR count). The van der Waals surface area contributed by atoms with Crippen LogP contribution in [0.1, 0.15) is 17.6 Å². The smallest absolute Gasteiger partial charge is 0.254 e. The highest BCUT2D eigenvalue weighted by Gasteiger charge is 2.21. The Balaban J connectivity index is 1.35. The van der Waals surface area contributed by atoms with Gasteiger partial charge in [-0.2, -0.15) is 14.6 Å². The molecule has 3 aromatic heterocycles. The maximum absolute atomic E-state index is 4.71. The van der Waals surface area contributed by atoms with E-state index in [1.165, 1.54) is 10.7 Å². The first-order chi connectivity index (χ1) is 14.3. The van der Waals surface area contributed by atoms with Crippen molar-refractivity contribution in [3.05, 3.63) is 58.8 Å². The van der Waals surface area contributed by atoms with Crippen molar-refractivity contribution in [3.8, 4) is 11.3 Å². The van der Waals surface area contributed by atoms with Crippen LogP contribution in [-0.2, 0) is 13.0 Å². The Morgan fingerprint density at radius 3 is 2.62 bits per heavy atom. The van der Waals surface area contributed by atoms with E-state index in [0.29, 0.717) is 5.78 Å². The summed E-state index contributed by atoms with van der Waals surface area (Å²) < 4.78 is 1.84. The molecule has 4 heterocycles. The van der Waals surface area contributed by atoms with Gasteiger partial charge in [0.2, 0.25) is 0 Å². The number of anilines is 1. The Labute approximate surface area is 173 Å². The van der Waals surface area contributed by atoms with E-state index < -0.39 is 0 Å². The van der Waals surface area contributed by atoms with Crippen LogP contribution in [0, 0.1) is 0 Å². The van der Waals surface area contributed by atoms with E-state index in [1.54, 1.807) is 17.7 Å². The van der Waals surface area contributed by atoms with Crippen LogP contribution in [0.2, 0.25) is 0 Å². The molecule has 0 radical (unpaired) electrons. The van der Waals surface area contributed by atoms with E-state index in [2.05, 4.69) is 55.4 Å². The van der Waals surface area contributed by atoms with Gasteiger partial charge in [-0.3, -0.25) is 4.90 Å². The van der Waals surface area contributed by atoms with Crippen molar-refractivity contribution in [2.75, 3.05) is 31.1 Å². The predicted molar refractivity (Wildman–Crippen MR) is 115 cm³/mol. The van der Waals surface area contributed by atoms with Crippen molar-refractivity contribution < 1.29 is 0 Å². The van der Waals surface area contributed by atoms with Gasteiger partial charge in [0.15, 0.2) is 0 Å². The molecule has 148 valence electrons. The summed E-state index contributed by atoms with van der Waals surface area (Å²) in [6.07, 6.45) is 2.59. The molecule has 1 saturated heterocycles. The lowest BCUT2D eigenvalue weighted by molar-refractivity contribution is 0.246. The van der Waals surface area contributed by atoms with E-state index in [9.17, 15) is 0 Å². The van der Waals surface area contributed by atoms with Crippen LogP contribution in [0.15, 0.2) is 48.1 Å². The van der Waals surface area contributed by atoms with E-state index in [0.717, 1.165) is 56.2 Å². The molecule has 8 heteroatoms. The summed E-state index contributed by atoms with van der Waals surface area (Å²) in [5.41, 5.74) is 3.21. The molecule has 4 aromatic rings. The van der Waals surface area contributed by atoms with Crippen molar-refractivity contribution in [2.24, 2.45) is 0 Å². The number of hydrogen-bond donors (Lipinski definition) is 0. The van der Waals surface area contributed by atoms with Crippen molar-refractivity contribution >= 4 is 22.9 Å². The lowest BCUT2D eigenvalue weighted by Gasteiger charge is -2.35. The van der Waals surface area contributed by atoms with Gasteiger partial charge in [0.1, 0.15) is 12.1 Å². The first-order valence-corrected chi connectivity index (χ1v) is 10.8. The quantitative estimate of drug-likeness (QED) is 0.508. The second-order valence-electron chi connectivity index (χ2n) is 7.19. The number of fused-ring (bicyclic) bond motifs is 1. The third kappa shape index (κ3) is 3.73. The number of piperazine rings is 1. The molecular weight excluding hydrogens is 382 g/mol. The number of aromatic nitrogens is 5. The third-order valence-corrected chi connectivity index (χ3v) is 6.33. The summed E-state index contributed by atoms with van der Waals surface area (Å²) in [6, 6.07) is 12.4. The Morgan fingerprint density at radius 2 is 1.86 bits per heavy atom. The van der Waals surface area contributed by atoms with Crippen molar-refractivity contribution in [2.45, 2.75) is 19.9 Å². The minimum absolute atomic E-state index is 0.637. The zero-order valence-corrected chi connectivity index (χ0v) is 17.2. The van der Waals surface area contributed by atoms with Crippen LogP contribution in [0.4, 0.5) is 5.82 Å². The Morgan fingerprint density at radius 1 is 1.03 bits per heavy atom. The molecule has 0 atom stereocenters. The fourth-order valence-electron chi connectivity index (χ4n) is 3.73. The zero-order valence-electron chi connectivity index (χ0n) is 16.4. The second-order valence-corrected chi connectivity index (χ2v) is 8.13. The second kappa shape index (κ2) is 7.88. The van der Waals surface area contributed by atoms with Crippen molar-refractivity contribution in [3.63, 3.8) is 0 Å². The Kier molecular flexibility index (Phi) is 4.95. The van der Waals surface area contributed by atoms with Gasteiger partial charge in [-0.15, -0.1) is 11.3 Å². The van der Waals surface area contributed by atoms with Gasteiger partial charge in [0.05, 0.1) is 16.4 Å². The molecule has 0 N–H and O–H groups in total. The monoisotopic (exact) mass is 405 g/mol. The van der Waals surface area contributed by atoms with Crippen molar-refractivity contribution in [1.82, 2.24) is 29.5 Å². The maximum atomic E-state index is 4.71. The minimum atomic E-state index is 0.637. The van der Waals surface area contributed by atoms with Crippen LogP contribution >= 0.6 is 11.3 Å². The summed E-state index contributed by atoms with van der Waals surface area (Å²) >= 11 is 1.76. The Bertz CT molecular complexity index is 1100. The standard InChI is InChI=1S/C21H23N7S/c1-2-19-24-17(14-29-19)13-26-8-10-27(11-9-26)20-12-18(16-6-4-3-5-7-16)25-21-22-15-23-28(20)21/h3-7,12,14-15H,2,8-11,13H2,1H3. The van der Waals surface area contributed by atoms with Gasteiger partial charge in [0.25, 0.3) is 5.78 Å². The molecule has 1 aliphatic heterocycles.